The Morgan fingerprint density at radius 1 is 0.707 bits per heavy atom. The van der Waals surface area contributed by atoms with Gasteiger partial charge in [0.15, 0.2) is 0 Å². The van der Waals surface area contributed by atoms with Gasteiger partial charge < -0.3 is 53.2 Å². The van der Waals surface area contributed by atoms with Crippen LogP contribution in [0.15, 0.2) is 54.7 Å². The molecule has 0 aliphatic rings. The van der Waals surface area contributed by atoms with Crippen molar-refractivity contribution in [2.24, 2.45) is 17.4 Å². The van der Waals surface area contributed by atoms with Gasteiger partial charge in [0.1, 0.15) is 36.0 Å². The number of carbonyl (C=O) groups excluding carboxylic acids is 6. The summed E-state index contributed by atoms with van der Waals surface area (Å²) >= 11 is 2.87. The lowest BCUT2D eigenvalue weighted by Crippen LogP contribution is -2.60. The zero-order chi connectivity index (χ0) is 42.9. The summed E-state index contributed by atoms with van der Waals surface area (Å²) < 4.78 is 0. The first-order valence-corrected chi connectivity index (χ1v) is 21.4. The molecule has 0 saturated carbocycles. The average Bonchev–Trinajstić information content (AvgIpc) is 3.58. The molecule has 0 spiro atoms. The maximum Gasteiger partial charge on any atom is 0.305 e. The number of phenols is 1. The SMILES string of the molecule is CSCC[C@H](NC(=O)[C@H](Cc1ccc(O)cc1)NC(=O)[C@@H](CC(=O)O)NC(=O)[C@@H](N)Cc1c[nH]c2ccccc12)C(=O)N[C@H](C(=O)N[C@H](CCSC)C(N)=O)C(C)C. The van der Waals surface area contributed by atoms with Crippen molar-refractivity contribution in [2.75, 3.05) is 24.0 Å². The lowest BCUT2D eigenvalue weighted by molar-refractivity contribution is -0.141. The molecule has 58 heavy (non-hydrogen) atoms. The molecule has 6 atom stereocenters. The molecular weight excluding hydrogens is 789 g/mol. The maximum atomic E-state index is 14.0. The summed E-state index contributed by atoms with van der Waals surface area (Å²) in [5.41, 5.74) is 13.8. The lowest BCUT2D eigenvalue weighted by Gasteiger charge is -2.28. The third-order valence-corrected chi connectivity index (χ3v) is 10.5. The number of nitrogens with two attached hydrogens (primary N) is 2. The zero-order valence-electron chi connectivity index (χ0n) is 32.9. The van der Waals surface area contributed by atoms with E-state index in [1.165, 1.54) is 47.8 Å². The van der Waals surface area contributed by atoms with E-state index in [-0.39, 0.29) is 31.4 Å². The van der Waals surface area contributed by atoms with E-state index >= 15 is 0 Å². The maximum absolute atomic E-state index is 14.0. The van der Waals surface area contributed by atoms with Crippen LogP contribution in [0.2, 0.25) is 0 Å². The highest BCUT2D eigenvalue weighted by atomic mass is 32.2. The second-order valence-corrected chi connectivity index (χ2v) is 16.1. The standard InChI is InChI=1S/C39H54N8O9S2/c1-21(2)33(39(56)43-28(34(41)51)13-15-57-3)47-36(53)29(14-16-58-4)44-37(54)30(17-22-9-11-24(48)12-10-22)46-38(55)31(19-32(49)50)45-35(52)26(40)18-23-20-42-27-8-6-5-7-25(23)27/h5-12,20-21,26,28-31,33,42,48H,13-19,40H2,1-4H3,(H2,41,51)(H,43,56)(H,44,54)(H,45,52)(H,46,55)(H,47,53)(H,49,50)/t26-,28+,29-,30-,31+,33-/m0/s1. The van der Waals surface area contributed by atoms with Gasteiger partial charge in [0.2, 0.25) is 35.4 Å². The van der Waals surface area contributed by atoms with E-state index in [2.05, 4.69) is 31.6 Å². The number of H-pyrrole nitrogens is 1. The molecular formula is C39H54N8O9S2. The van der Waals surface area contributed by atoms with Crippen molar-refractivity contribution in [2.45, 2.75) is 82.2 Å². The first-order valence-electron chi connectivity index (χ1n) is 18.6. The van der Waals surface area contributed by atoms with Gasteiger partial charge in [-0.3, -0.25) is 33.6 Å². The van der Waals surface area contributed by atoms with Crippen LogP contribution in [0.1, 0.15) is 44.2 Å². The van der Waals surface area contributed by atoms with Crippen molar-refractivity contribution in [1.29, 1.82) is 0 Å². The van der Waals surface area contributed by atoms with E-state index in [4.69, 9.17) is 11.5 Å². The van der Waals surface area contributed by atoms with Crippen molar-refractivity contribution < 1.29 is 43.8 Å². The second-order valence-electron chi connectivity index (χ2n) is 14.1. The van der Waals surface area contributed by atoms with Gasteiger partial charge in [-0.05, 0) is 78.5 Å². The van der Waals surface area contributed by atoms with Crippen LogP contribution in [0, 0.1) is 5.92 Å². The minimum absolute atomic E-state index is 0.0501. The van der Waals surface area contributed by atoms with Gasteiger partial charge in [-0.25, -0.2) is 0 Å². The molecule has 3 aromatic rings. The first kappa shape index (κ1) is 47.1. The molecule has 0 bridgehead atoms. The molecule has 316 valence electrons. The molecule has 0 unspecified atom stereocenters. The number of primary amides is 1. The molecule has 19 heteroatoms. The smallest absolute Gasteiger partial charge is 0.305 e. The molecule has 17 nitrogen and oxygen atoms in total. The van der Waals surface area contributed by atoms with Crippen LogP contribution in [-0.4, -0.2) is 117 Å². The molecule has 0 fully saturated rings. The Balaban J connectivity index is 1.83. The van der Waals surface area contributed by atoms with Crippen LogP contribution in [0.4, 0.5) is 0 Å². The van der Waals surface area contributed by atoms with E-state index < -0.39 is 90.0 Å². The highest BCUT2D eigenvalue weighted by Gasteiger charge is 2.34. The summed E-state index contributed by atoms with van der Waals surface area (Å²) in [4.78, 5) is 95.2. The number of carbonyl (C=O) groups is 7. The quantitative estimate of drug-likeness (QED) is 0.0592. The van der Waals surface area contributed by atoms with Crippen LogP contribution >= 0.6 is 23.5 Å². The fourth-order valence-corrected chi connectivity index (χ4v) is 6.93. The number of amides is 6. The lowest BCUT2D eigenvalue weighted by atomic mass is 10.0. The minimum atomic E-state index is -1.64. The van der Waals surface area contributed by atoms with Crippen molar-refractivity contribution in [3.8, 4) is 5.75 Å². The van der Waals surface area contributed by atoms with Gasteiger partial charge in [-0.1, -0.05) is 44.2 Å². The number of para-hydroxylation sites is 1. The number of carboxylic acid groups (broad SMARTS) is 1. The number of fused-ring (bicyclic) bond motifs is 1. The van der Waals surface area contributed by atoms with Crippen molar-refractivity contribution in [3.05, 3.63) is 65.9 Å². The fraction of sp³-hybridized carbons (Fsp3) is 0.462. The number of aromatic nitrogens is 1. The third kappa shape index (κ3) is 14.6. The number of hydrogen-bond donors (Lipinski definition) is 10. The normalized spacial score (nSPS) is 14.3. The number of benzene rings is 2. The Hall–Kier alpha value is -5.27. The molecule has 1 heterocycles. The number of aromatic amines is 1. The Morgan fingerprint density at radius 2 is 1.26 bits per heavy atom. The predicted octanol–water partition coefficient (Wildman–Crippen LogP) is 0.532. The molecule has 1 aromatic heterocycles. The Kier molecular flexibility index (Phi) is 18.9. The molecule has 2 aromatic carbocycles. The molecule has 6 amide bonds. The Morgan fingerprint density at radius 3 is 1.86 bits per heavy atom. The van der Waals surface area contributed by atoms with Gasteiger partial charge >= 0.3 is 5.97 Å². The van der Waals surface area contributed by atoms with Crippen molar-refractivity contribution >= 4 is 75.8 Å². The molecule has 0 aliphatic heterocycles. The monoisotopic (exact) mass is 842 g/mol. The Labute approximate surface area is 345 Å². The van der Waals surface area contributed by atoms with E-state index in [0.717, 1.165) is 16.5 Å². The van der Waals surface area contributed by atoms with Gasteiger partial charge in [0, 0.05) is 23.5 Å². The third-order valence-electron chi connectivity index (χ3n) is 9.23. The molecule has 3 rings (SSSR count). The summed E-state index contributed by atoms with van der Waals surface area (Å²) in [7, 11) is 0. The van der Waals surface area contributed by atoms with Crippen molar-refractivity contribution in [1.82, 2.24) is 31.6 Å². The van der Waals surface area contributed by atoms with Crippen LogP contribution in [0.3, 0.4) is 0 Å². The summed E-state index contributed by atoms with van der Waals surface area (Å²) in [5.74, 6) is -5.60. The highest BCUT2D eigenvalue weighted by Crippen LogP contribution is 2.19. The van der Waals surface area contributed by atoms with E-state index in [1.807, 2.05) is 30.5 Å². The number of phenolic OH excluding ortho intramolecular Hbond substituents is 1. The van der Waals surface area contributed by atoms with Gasteiger partial charge in [0.25, 0.3) is 0 Å². The molecule has 0 aliphatic carbocycles. The van der Waals surface area contributed by atoms with Gasteiger partial charge in [-0.15, -0.1) is 0 Å². The number of thioether (sulfide) groups is 2. The summed E-state index contributed by atoms with van der Waals surface area (Å²) in [6.45, 7) is 3.40. The topological polar surface area (TPSA) is 288 Å². The van der Waals surface area contributed by atoms with E-state index in [0.29, 0.717) is 17.1 Å². The summed E-state index contributed by atoms with van der Waals surface area (Å²) in [5, 5.41) is 33.3. The zero-order valence-corrected chi connectivity index (χ0v) is 34.5. The first-order chi connectivity index (χ1) is 27.5. The number of aliphatic carboxylic acids is 1. The molecule has 0 radical (unpaired) electrons. The number of carboxylic acids is 1. The highest BCUT2D eigenvalue weighted by molar-refractivity contribution is 7.98. The number of hydrogen-bond acceptors (Lipinski definition) is 11. The number of aromatic hydroxyl groups is 1. The minimum Gasteiger partial charge on any atom is -0.508 e. The fourth-order valence-electron chi connectivity index (χ4n) is 5.99. The van der Waals surface area contributed by atoms with E-state index in [9.17, 15) is 43.8 Å². The van der Waals surface area contributed by atoms with Crippen LogP contribution in [0.5, 0.6) is 5.75 Å². The summed E-state index contributed by atoms with van der Waals surface area (Å²) in [6.07, 6.45) is 4.84. The average molecular weight is 843 g/mol. The van der Waals surface area contributed by atoms with Gasteiger partial charge in [-0.2, -0.15) is 23.5 Å². The predicted molar refractivity (Wildman–Crippen MR) is 224 cm³/mol. The number of nitrogens with one attached hydrogen (secondary N) is 6. The van der Waals surface area contributed by atoms with Crippen LogP contribution < -0.4 is 38.1 Å². The van der Waals surface area contributed by atoms with Crippen LogP contribution in [0.25, 0.3) is 10.9 Å². The molecule has 0 saturated heterocycles. The van der Waals surface area contributed by atoms with Gasteiger partial charge in [0.05, 0.1) is 12.5 Å². The summed E-state index contributed by atoms with van der Waals surface area (Å²) in [6, 6.07) is 5.71. The second kappa shape index (κ2) is 23.2. The number of rotatable bonds is 24. The van der Waals surface area contributed by atoms with Crippen LogP contribution in [-0.2, 0) is 46.4 Å². The van der Waals surface area contributed by atoms with E-state index in [1.54, 1.807) is 26.3 Å². The Bertz CT molecular complexity index is 1890. The van der Waals surface area contributed by atoms with Crippen molar-refractivity contribution in [3.63, 3.8) is 0 Å². The largest absolute Gasteiger partial charge is 0.508 e. The molecule has 12 N–H and O–H groups in total.